The first kappa shape index (κ1) is 23.3. The normalized spacial score (nSPS) is 36.1. The van der Waals surface area contributed by atoms with Crippen molar-refractivity contribution in [3.05, 3.63) is 53.2 Å². The van der Waals surface area contributed by atoms with Crippen LogP contribution >= 0.6 is 11.8 Å². The van der Waals surface area contributed by atoms with E-state index in [1.165, 1.54) is 17.8 Å². The second-order valence-corrected chi connectivity index (χ2v) is 12.0. The monoisotopic (exact) mass is 498 g/mol. The molecule has 1 N–H and O–H groups in total. The standard InChI is InChI=1S/C27H30F2N3O2S/c1-26-10-15-12-31-32(17-4-8-23(29)30-13-17)21(15)9-16(26)3-5-18-19-6-7-20(25(34)35-14-28)27(19,2)11-22(33)24(18)26/h4,8-9,12-13,18-19,22,24,33H,3,5-7,10-11,14H2,1-2H3/t18-,19-,22-,24+,26-,27+/m0/s1. The molecular weight excluding hydrogens is 468 g/mol. The van der Waals surface area contributed by atoms with Gasteiger partial charge < -0.3 is 5.11 Å². The Kier molecular flexibility index (Phi) is 5.49. The molecule has 0 spiro atoms. The van der Waals surface area contributed by atoms with E-state index in [9.17, 15) is 18.7 Å². The Labute approximate surface area is 208 Å². The maximum absolute atomic E-state index is 13.3. The molecule has 4 aliphatic rings. The number of aromatic nitrogens is 3. The lowest BCUT2D eigenvalue weighted by atomic mass is 9.46. The molecule has 0 aliphatic heterocycles. The highest BCUT2D eigenvalue weighted by Crippen LogP contribution is 2.67. The van der Waals surface area contributed by atoms with Gasteiger partial charge in [-0.15, -0.1) is 0 Å². The molecule has 8 heteroatoms. The molecule has 1 radical (unpaired) electrons. The first-order chi connectivity index (χ1) is 16.8. The molecule has 0 unspecified atom stereocenters. The third kappa shape index (κ3) is 3.39. The van der Waals surface area contributed by atoms with Gasteiger partial charge in [0.1, 0.15) is 6.01 Å². The average molecular weight is 499 g/mol. The highest BCUT2D eigenvalue weighted by atomic mass is 32.2. The molecule has 35 heavy (non-hydrogen) atoms. The Morgan fingerprint density at radius 1 is 1.23 bits per heavy atom. The van der Waals surface area contributed by atoms with Crippen molar-refractivity contribution in [2.45, 2.75) is 58.5 Å². The third-order valence-electron chi connectivity index (χ3n) is 9.60. The number of hydrogen-bond donors (Lipinski definition) is 1. The highest BCUT2D eigenvalue weighted by molar-refractivity contribution is 8.13. The summed E-state index contributed by atoms with van der Waals surface area (Å²) in [6.07, 6.45) is 9.99. The van der Waals surface area contributed by atoms with Crippen molar-refractivity contribution >= 4 is 23.0 Å². The molecule has 0 saturated heterocycles. The molecule has 2 aromatic heterocycles. The van der Waals surface area contributed by atoms with Crippen LogP contribution in [0.25, 0.3) is 11.8 Å². The SMILES string of the molecule is C[C@@]12C[C@H](O)[C@H]3[C@@H](CCC4=Cc5c(cnn5-c5ccc(F)nc5)C[C@@]43C)[C@@H]1CC[C]2C(=O)SCF. The van der Waals surface area contributed by atoms with Crippen LogP contribution in [-0.4, -0.2) is 37.1 Å². The van der Waals surface area contributed by atoms with Crippen molar-refractivity contribution < 1.29 is 18.7 Å². The van der Waals surface area contributed by atoms with Crippen molar-refractivity contribution in [2.75, 3.05) is 6.01 Å². The Hall–Kier alpha value is -2.06. The molecule has 2 heterocycles. The van der Waals surface area contributed by atoms with Gasteiger partial charge >= 0.3 is 0 Å². The molecule has 2 aromatic rings. The number of hydrogen-bond acceptors (Lipinski definition) is 5. The van der Waals surface area contributed by atoms with Crippen molar-refractivity contribution in [3.63, 3.8) is 0 Å². The van der Waals surface area contributed by atoms with Crippen LogP contribution in [0.1, 0.15) is 57.2 Å². The summed E-state index contributed by atoms with van der Waals surface area (Å²) in [5, 5.41) is 16.1. The van der Waals surface area contributed by atoms with Crippen molar-refractivity contribution in [2.24, 2.45) is 28.6 Å². The number of nitrogens with zero attached hydrogens (tertiary/aromatic N) is 3. The van der Waals surface area contributed by atoms with Gasteiger partial charge in [-0.3, -0.25) is 4.79 Å². The number of carbonyl (C=O) groups excluding carboxylic acids is 1. The van der Waals surface area contributed by atoms with Gasteiger partial charge in [-0.05, 0) is 90.9 Å². The number of alkyl halides is 1. The maximum atomic E-state index is 13.3. The minimum atomic E-state index is -0.700. The topological polar surface area (TPSA) is 68.0 Å². The summed E-state index contributed by atoms with van der Waals surface area (Å²) in [7, 11) is 0. The number of allylic oxidation sites excluding steroid dienone is 1. The second kappa shape index (κ2) is 8.23. The highest BCUT2D eigenvalue weighted by Gasteiger charge is 2.63. The first-order valence-corrected chi connectivity index (χ1v) is 13.4. The summed E-state index contributed by atoms with van der Waals surface area (Å²) in [4.78, 5) is 16.5. The van der Waals surface area contributed by atoms with Crippen LogP contribution in [0.4, 0.5) is 8.78 Å². The van der Waals surface area contributed by atoms with Gasteiger partial charge in [0.15, 0.2) is 5.12 Å². The van der Waals surface area contributed by atoms with Crippen LogP contribution < -0.4 is 0 Å². The molecule has 0 aromatic carbocycles. The molecule has 0 amide bonds. The van der Waals surface area contributed by atoms with Gasteiger partial charge in [-0.25, -0.2) is 14.1 Å². The smallest absolute Gasteiger partial charge is 0.212 e. The fourth-order valence-electron chi connectivity index (χ4n) is 8.17. The van der Waals surface area contributed by atoms with Crippen LogP contribution in [0.2, 0.25) is 0 Å². The van der Waals surface area contributed by atoms with E-state index in [1.54, 1.807) is 6.07 Å². The number of thioether (sulfide) groups is 1. The zero-order valence-corrected chi connectivity index (χ0v) is 20.8. The maximum Gasteiger partial charge on any atom is 0.212 e. The van der Waals surface area contributed by atoms with Gasteiger partial charge in [0, 0.05) is 0 Å². The van der Waals surface area contributed by atoms with Crippen LogP contribution in [0, 0.1) is 40.4 Å². The number of aliphatic hydroxyl groups excluding tert-OH is 1. The van der Waals surface area contributed by atoms with Gasteiger partial charge in [-0.1, -0.05) is 31.2 Å². The molecule has 5 nitrogen and oxygen atoms in total. The summed E-state index contributed by atoms with van der Waals surface area (Å²) >= 11 is 0.756. The van der Waals surface area contributed by atoms with Crippen LogP contribution in [0.3, 0.4) is 0 Å². The lowest BCUT2D eigenvalue weighted by molar-refractivity contribution is -0.121. The molecule has 3 fully saturated rings. The van der Waals surface area contributed by atoms with Crippen LogP contribution in [0.5, 0.6) is 0 Å². The minimum absolute atomic E-state index is 0.104. The van der Waals surface area contributed by atoms with Gasteiger partial charge in [-0.2, -0.15) is 9.49 Å². The van der Waals surface area contributed by atoms with Gasteiger partial charge in [0.25, 0.3) is 0 Å². The summed E-state index contributed by atoms with van der Waals surface area (Å²) in [6, 6.07) is 2.32. The van der Waals surface area contributed by atoms with E-state index in [1.807, 2.05) is 10.9 Å². The van der Waals surface area contributed by atoms with Crippen molar-refractivity contribution in [3.8, 4) is 5.69 Å². The molecule has 6 atom stereocenters. The lowest BCUT2D eigenvalue weighted by Gasteiger charge is -2.59. The van der Waals surface area contributed by atoms with E-state index in [0.29, 0.717) is 24.7 Å². The number of rotatable bonds is 3. The van der Waals surface area contributed by atoms with E-state index >= 15 is 0 Å². The molecule has 4 aliphatic carbocycles. The molecule has 3 saturated carbocycles. The minimum Gasteiger partial charge on any atom is -0.393 e. The molecular formula is C27H30F2N3O2S. The van der Waals surface area contributed by atoms with Crippen molar-refractivity contribution in [1.82, 2.24) is 14.8 Å². The number of halogens is 2. The predicted octanol–water partition coefficient (Wildman–Crippen LogP) is 5.32. The number of pyridine rings is 1. The fourth-order valence-corrected chi connectivity index (χ4v) is 8.78. The zero-order chi connectivity index (χ0) is 24.5. The van der Waals surface area contributed by atoms with Gasteiger partial charge in [0.2, 0.25) is 5.95 Å². The Balaban J connectivity index is 1.33. The van der Waals surface area contributed by atoms with Crippen LogP contribution in [-0.2, 0) is 11.2 Å². The van der Waals surface area contributed by atoms with E-state index in [2.05, 4.69) is 30.0 Å². The Morgan fingerprint density at radius 3 is 2.80 bits per heavy atom. The van der Waals surface area contributed by atoms with E-state index in [4.69, 9.17) is 0 Å². The van der Waals surface area contributed by atoms with E-state index in [-0.39, 0.29) is 21.9 Å². The summed E-state index contributed by atoms with van der Waals surface area (Å²) in [6.45, 7) is 4.41. The largest absolute Gasteiger partial charge is 0.393 e. The summed E-state index contributed by atoms with van der Waals surface area (Å²) in [5.74, 6) is 1.07. The second-order valence-electron chi connectivity index (χ2n) is 11.2. The Bertz CT molecular complexity index is 1200. The Morgan fingerprint density at radius 2 is 2.06 bits per heavy atom. The quantitative estimate of drug-likeness (QED) is 0.580. The number of fused-ring (bicyclic) bond motifs is 6. The summed E-state index contributed by atoms with van der Waals surface area (Å²) in [5.41, 5.74) is 3.64. The fraction of sp³-hybridized carbons (Fsp3) is 0.556. The van der Waals surface area contributed by atoms with Crippen molar-refractivity contribution in [1.29, 1.82) is 0 Å². The number of carbonyl (C=O) groups is 1. The number of aliphatic hydroxyl groups is 1. The molecule has 6 rings (SSSR count). The summed E-state index contributed by atoms with van der Waals surface area (Å²) < 4.78 is 28.1. The van der Waals surface area contributed by atoms with E-state index < -0.39 is 18.1 Å². The predicted molar refractivity (Wildman–Crippen MR) is 131 cm³/mol. The van der Waals surface area contributed by atoms with E-state index in [0.717, 1.165) is 60.3 Å². The lowest BCUT2D eigenvalue weighted by Crippen LogP contribution is -2.57. The first-order valence-electron chi connectivity index (χ1n) is 12.4. The van der Waals surface area contributed by atoms with Crippen LogP contribution in [0.15, 0.2) is 30.1 Å². The zero-order valence-electron chi connectivity index (χ0n) is 20.0. The third-order valence-corrected chi connectivity index (χ3v) is 10.2. The van der Waals surface area contributed by atoms with Gasteiger partial charge in [0.05, 0.1) is 35.8 Å². The molecule has 185 valence electrons. The average Bonchev–Trinajstić information content (AvgIpc) is 3.37. The molecule has 0 bridgehead atoms.